The average Bonchev–Trinajstić information content (AvgIpc) is 3.22. The second-order valence-electron chi connectivity index (χ2n) is 9.45. The van der Waals surface area contributed by atoms with Crippen LogP contribution < -0.4 is 16.3 Å². The molecular formula is C31H21N7O3. The minimum atomic E-state index is -0.787. The van der Waals surface area contributed by atoms with E-state index in [4.69, 9.17) is 4.42 Å². The van der Waals surface area contributed by atoms with E-state index in [0.717, 1.165) is 15.9 Å². The van der Waals surface area contributed by atoms with Crippen molar-refractivity contribution in [1.29, 1.82) is 10.5 Å². The SMILES string of the molecule is C=CCc1cccc2c(=O)c(-c3c(C#N)c4n(c(=O)c3C#N)N=C(C)c3c(C)nn(-c5ccccc5)c3N4)coc12. The van der Waals surface area contributed by atoms with Gasteiger partial charge in [-0.3, -0.25) is 9.59 Å². The molecule has 0 atom stereocenters. The first kappa shape index (κ1) is 25.3. The highest BCUT2D eigenvalue weighted by atomic mass is 16.3. The number of aryl methyl sites for hydroxylation is 1. The number of nitrogens with one attached hydrogen (secondary N) is 1. The number of rotatable bonds is 4. The number of fused-ring (bicyclic) bond motifs is 3. The van der Waals surface area contributed by atoms with Crippen molar-refractivity contribution in [2.45, 2.75) is 20.3 Å². The van der Waals surface area contributed by atoms with Crippen LogP contribution in [0.3, 0.4) is 0 Å². The first-order chi connectivity index (χ1) is 19.9. The molecule has 0 aliphatic carbocycles. The monoisotopic (exact) mass is 539 g/mol. The van der Waals surface area contributed by atoms with Crippen molar-refractivity contribution in [2.75, 3.05) is 5.32 Å². The molecule has 1 N–H and O–H groups in total. The van der Waals surface area contributed by atoms with E-state index in [2.05, 4.69) is 28.2 Å². The zero-order chi connectivity index (χ0) is 28.8. The lowest BCUT2D eigenvalue weighted by molar-refractivity contribution is 0.601. The van der Waals surface area contributed by atoms with Gasteiger partial charge in [-0.25, -0.2) is 4.68 Å². The van der Waals surface area contributed by atoms with Crippen LogP contribution >= 0.6 is 0 Å². The number of hydrogen-bond acceptors (Lipinski definition) is 8. The molecule has 4 heterocycles. The number of hydrogen-bond donors (Lipinski definition) is 1. The number of benzene rings is 2. The van der Waals surface area contributed by atoms with Gasteiger partial charge in [0.25, 0.3) is 5.56 Å². The molecule has 3 aromatic heterocycles. The van der Waals surface area contributed by atoms with E-state index in [1.54, 1.807) is 29.8 Å². The molecule has 41 heavy (non-hydrogen) atoms. The Bertz CT molecular complexity index is 2150. The second kappa shape index (κ2) is 9.63. The summed E-state index contributed by atoms with van der Waals surface area (Å²) in [6, 6.07) is 18.5. The molecule has 2 aromatic carbocycles. The third kappa shape index (κ3) is 3.78. The summed E-state index contributed by atoms with van der Waals surface area (Å²) in [7, 11) is 0. The van der Waals surface area contributed by atoms with Gasteiger partial charge in [0, 0.05) is 5.56 Å². The Kier molecular flexibility index (Phi) is 5.94. The lowest BCUT2D eigenvalue weighted by Crippen LogP contribution is -2.25. The van der Waals surface area contributed by atoms with Crippen molar-refractivity contribution in [2.24, 2.45) is 5.10 Å². The molecular weight excluding hydrogens is 518 g/mol. The van der Waals surface area contributed by atoms with Gasteiger partial charge in [-0.05, 0) is 44.0 Å². The van der Waals surface area contributed by atoms with E-state index in [0.29, 0.717) is 34.8 Å². The summed E-state index contributed by atoms with van der Waals surface area (Å²) in [5.74, 6) is 0.481. The van der Waals surface area contributed by atoms with Gasteiger partial charge in [-0.1, -0.05) is 36.4 Å². The lowest BCUT2D eigenvalue weighted by atomic mass is 9.96. The predicted octanol–water partition coefficient (Wildman–Crippen LogP) is 4.92. The van der Waals surface area contributed by atoms with Gasteiger partial charge < -0.3 is 9.73 Å². The van der Waals surface area contributed by atoms with Crippen LogP contribution in [-0.2, 0) is 6.42 Å². The summed E-state index contributed by atoms with van der Waals surface area (Å²) >= 11 is 0. The molecule has 0 saturated heterocycles. The van der Waals surface area contributed by atoms with Crippen LogP contribution in [-0.4, -0.2) is 20.2 Å². The largest absolute Gasteiger partial charge is 0.463 e. The van der Waals surface area contributed by atoms with E-state index in [1.165, 1.54) is 6.26 Å². The van der Waals surface area contributed by atoms with Crippen LogP contribution in [0.4, 0.5) is 11.6 Å². The lowest BCUT2D eigenvalue weighted by Gasteiger charge is -2.16. The molecule has 0 saturated carbocycles. The highest BCUT2D eigenvalue weighted by Crippen LogP contribution is 2.36. The summed E-state index contributed by atoms with van der Waals surface area (Å²) < 4.78 is 8.54. The summed E-state index contributed by atoms with van der Waals surface area (Å²) in [5, 5.41) is 33.2. The zero-order valence-electron chi connectivity index (χ0n) is 22.1. The summed E-state index contributed by atoms with van der Waals surface area (Å²) in [6.07, 6.45) is 3.37. The number of pyridine rings is 1. The topological polar surface area (TPSA) is 142 Å². The van der Waals surface area contributed by atoms with Crippen LogP contribution in [0.2, 0.25) is 0 Å². The maximum absolute atomic E-state index is 13.8. The minimum Gasteiger partial charge on any atom is -0.463 e. The molecule has 5 aromatic rings. The molecule has 6 rings (SSSR count). The fourth-order valence-electron chi connectivity index (χ4n) is 5.21. The molecule has 0 fully saturated rings. The Balaban J connectivity index is 1.68. The first-order valence-corrected chi connectivity index (χ1v) is 12.7. The highest BCUT2D eigenvalue weighted by molar-refractivity contribution is 6.05. The quantitative estimate of drug-likeness (QED) is 0.320. The average molecular weight is 540 g/mol. The van der Waals surface area contributed by atoms with Crippen molar-refractivity contribution in [3.05, 3.63) is 116 Å². The number of nitrogens with zero attached hydrogens (tertiary/aromatic N) is 6. The summed E-state index contributed by atoms with van der Waals surface area (Å²) in [6.45, 7) is 7.28. The van der Waals surface area contributed by atoms with Crippen LogP contribution in [0.25, 0.3) is 27.8 Å². The van der Waals surface area contributed by atoms with Crippen molar-refractivity contribution >= 4 is 28.3 Å². The number of aromatic nitrogens is 3. The maximum atomic E-state index is 13.8. The molecule has 0 radical (unpaired) electrons. The van der Waals surface area contributed by atoms with Gasteiger partial charge in [-0.2, -0.15) is 25.4 Å². The Morgan fingerprint density at radius 1 is 1.00 bits per heavy atom. The molecule has 0 amide bonds. The Morgan fingerprint density at radius 3 is 2.46 bits per heavy atom. The minimum absolute atomic E-state index is 0.00147. The first-order valence-electron chi connectivity index (χ1n) is 12.7. The van der Waals surface area contributed by atoms with Crippen LogP contribution in [0.5, 0.6) is 0 Å². The predicted molar refractivity (Wildman–Crippen MR) is 155 cm³/mol. The Labute approximate surface area is 233 Å². The van der Waals surface area contributed by atoms with Gasteiger partial charge in [0.15, 0.2) is 5.82 Å². The molecule has 0 unspecified atom stereocenters. The van der Waals surface area contributed by atoms with E-state index in [1.807, 2.05) is 49.4 Å². The maximum Gasteiger partial charge on any atom is 0.291 e. The van der Waals surface area contributed by atoms with Crippen LogP contribution in [0, 0.1) is 29.6 Å². The molecule has 10 heteroatoms. The fraction of sp³-hybridized carbons (Fsp3) is 0.0968. The van der Waals surface area contributed by atoms with Gasteiger partial charge in [0.1, 0.15) is 40.9 Å². The second-order valence-corrected chi connectivity index (χ2v) is 9.45. The third-order valence-corrected chi connectivity index (χ3v) is 7.00. The Hall–Kier alpha value is -6.00. The number of allylic oxidation sites excluding steroid dienone is 1. The zero-order valence-corrected chi connectivity index (χ0v) is 22.1. The molecule has 10 nitrogen and oxygen atoms in total. The Morgan fingerprint density at radius 2 is 1.76 bits per heavy atom. The normalized spacial score (nSPS) is 11.9. The summed E-state index contributed by atoms with van der Waals surface area (Å²) in [5.41, 5.74) is 1.62. The third-order valence-electron chi connectivity index (χ3n) is 7.00. The summed E-state index contributed by atoms with van der Waals surface area (Å²) in [4.78, 5) is 27.5. The van der Waals surface area contributed by atoms with E-state index >= 15 is 0 Å². The molecule has 0 spiro atoms. The molecule has 1 aliphatic heterocycles. The van der Waals surface area contributed by atoms with Crippen LogP contribution in [0.15, 0.2) is 86.6 Å². The standard InChI is InChI=1S/C31H21N7O3/c1-4-9-19-10-8-13-21-27(39)24(16-41-28(19)21)26-22(14-32)29-34-30-25(18(3)36-38(29)31(40)23(26)15-33)17(2)35-37(30)20-11-6-5-7-12-20/h4-8,10-13,16,34H,1,9H2,2-3H3. The highest BCUT2D eigenvalue weighted by Gasteiger charge is 2.30. The fourth-order valence-corrected chi connectivity index (χ4v) is 5.21. The number of anilines is 2. The van der Waals surface area contributed by atoms with Gasteiger partial charge in [0.2, 0.25) is 5.43 Å². The number of nitriles is 2. The van der Waals surface area contributed by atoms with Gasteiger partial charge >= 0.3 is 0 Å². The van der Waals surface area contributed by atoms with Crippen LogP contribution in [0.1, 0.15) is 34.9 Å². The van der Waals surface area contributed by atoms with Gasteiger partial charge in [0.05, 0.1) is 33.6 Å². The van der Waals surface area contributed by atoms with E-state index < -0.39 is 16.6 Å². The smallest absolute Gasteiger partial charge is 0.291 e. The van der Waals surface area contributed by atoms with Crippen molar-refractivity contribution < 1.29 is 4.42 Å². The van der Waals surface area contributed by atoms with Gasteiger partial charge in [-0.15, -0.1) is 6.58 Å². The number of para-hydroxylation sites is 2. The molecule has 198 valence electrons. The van der Waals surface area contributed by atoms with E-state index in [-0.39, 0.29) is 27.9 Å². The van der Waals surface area contributed by atoms with Crippen molar-refractivity contribution in [3.63, 3.8) is 0 Å². The molecule has 0 bridgehead atoms. The molecule has 1 aliphatic rings. The van der Waals surface area contributed by atoms with Crippen molar-refractivity contribution in [1.82, 2.24) is 14.5 Å². The van der Waals surface area contributed by atoms with E-state index in [9.17, 15) is 20.1 Å². The van der Waals surface area contributed by atoms with Crippen molar-refractivity contribution in [3.8, 4) is 29.0 Å².